The Labute approximate surface area is 49.4 Å². The van der Waals surface area contributed by atoms with Gasteiger partial charge in [0, 0.05) is 0 Å². The van der Waals surface area contributed by atoms with Crippen LogP contribution >= 0.6 is 0 Å². The molecule has 0 rings (SSSR count). The summed E-state index contributed by atoms with van der Waals surface area (Å²) >= 11 is 0. The zero-order valence-electron chi connectivity index (χ0n) is 4.60. The van der Waals surface area contributed by atoms with E-state index in [0.29, 0.717) is 0 Å². The molecule has 1 nitrogen and oxygen atoms in total. The van der Waals surface area contributed by atoms with E-state index in [1.165, 1.54) is 0 Å². The third kappa shape index (κ3) is 3940. The van der Waals surface area contributed by atoms with Gasteiger partial charge in [0.15, 0.2) is 0 Å². The van der Waals surface area contributed by atoms with Gasteiger partial charge in [0.25, 0.3) is 0 Å². The molecule has 0 aromatic carbocycles. The first-order valence-electron chi connectivity index (χ1n) is 1.22. The lowest BCUT2D eigenvalue weighted by Crippen LogP contribution is -3.00. The first kappa shape index (κ1) is 45.8. The predicted octanol–water partition coefficient (Wildman–Crippen LogP) is -3.45. The van der Waals surface area contributed by atoms with E-state index in [2.05, 4.69) is 4.37 Å². The molecule has 0 amide bonds. The van der Waals surface area contributed by atoms with Crippen LogP contribution in [-0.2, 0) is 4.37 Å². The Morgan fingerprint density at radius 2 is 0.875 bits per heavy atom. The van der Waals surface area contributed by atoms with E-state index in [4.69, 9.17) is 0 Å². The molecule has 0 aromatic rings. The lowest BCUT2D eigenvalue weighted by atomic mass is 10.8. The average molecular weight is 134 g/mol. The highest BCUT2D eigenvalue weighted by atomic mass is 19.0. The van der Waals surface area contributed by atoms with Crippen molar-refractivity contribution in [1.82, 2.24) is 0 Å². The second-order valence-corrected chi connectivity index (χ2v) is 1.22. The van der Waals surface area contributed by atoms with E-state index < -0.39 is 0 Å². The summed E-state index contributed by atoms with van der Waals surface area (Å²) in [6.45, 7) is 0. The SMILES string of the molecule is B.C[O+](C)C.F.F.[F-]. The van der Waals surface area contributed by atoms with Gasteiger partial charge in [-0.1, -0.05) is 0 Å². The molecule has 0 atom stereocenters. The number of hydrogen-bond donors (Lipinski definition) is 0. The third-order valence-electron chi connectivity index (χ3n) is 0. The van der Waals surface area contributed by atoms with Crippen LogP contribution in [0.3, 0.4) is 0 Å². The van der Waals surface area contributed by atoms with Crippen molar-refractivity contribution in [1.29, 1.82) is 0 Å². The minimum absolute atomic E-state index is 0. The summed E-state index contributed by atoms with van der Waals surface area (Å²) in [5.41, 5.74) is 0. The van der Waals surface area contributed by atoms with Gasteiger partial charge >= 0.3 is 0 Å². The van der Waals surface area contributed by atoms with Gasteiger partial charge in [0.1, 0.15) is 21.3 Å². The quantitative estimate of drug-likeness (QED) is 0.239. The third-order valence-corrected chi connectivity index (χ3v) is 0. The van der Waals surface area contributed by atoms with Crippen molar-refractivity contribution in [2.24, 2.45) is 0 Å². The van der Waals surface area contributed by atoms with Crippen LogP contribution in [0, 0.1) is 0 Å². The maximum Gasteiger partial charge on any atom is 0.135 e. The van der Waals surface area contributed by atoms with Gasteiger partial charge in [-0.2, -0.15) is 0 Å². The second kappa shape index (κ2) is 29.1. The van der Waals surface area contributed by atoms with Crippen molar-refractivity contribution in [3.8, 4) is 0 Å². The molecule has 56 valence electrons. The summed E-state index contributed by atoms with van der Waals surface area (Å²) < 4.78 is 2.58. The van der Waals surface area contributed by atoms with Crippen molar-refractivity contribution in [2.75, 3.05) is 21.3 Å². The molecule has 0 aliphatic carbocycles. The molecule has 0 saturated carbocycles. The van der Waals surface area contributed by atoms with Gasteiger partial charge in [-0.3, -0.25) is 9.41 Å². The van der Waals surface area contributed by atoms with E-state index in [-0.39, 0.29) is 22.5 Å². The normalized spacial score (nSPS) is 4.50. The van der Waals surface area contributed by atoms with Gasteiger partial charge in [-0.15, -0.1) is 0 Å². The highest BCUT2D eigenvalue weighted by Gasteiger charge is 1.61. The topological polar surface area (TPSA) is 2.70 Å². The van der Waals surface area contributed by atoms with E-state index in [1.807, 2.05) is 21.3 Å². The van der Waals surface area contributed by atoms with Crippen LogP contribution in [0.25, 0.3) is 0 Å². The van der Waals surface area contributed by atoms with Crippen LogP contribution in [0.5, 0.6) is 0 Å². The highest BCUT2D eigenvalue weighted by molar-refractivity contribution is 5.75. The van der Waals surface area contributed by atoms with Crippen LogP contribution in [0.1, 0.15) is 0 Å². The zero-order valence-corrected chi connectivity index (χ0v) is 4.60. The second-order valence-electron chi connectivity index (χ2n) is 1.22. The Bertz CT molecular complexity index is 19.2. The Hall–Kier alpha value is -0.185. The number of halogens is 3. The molecule has 0 spiro atoms. The molecule has 0 unspecified atom stereocenters. The zero-order chi connectivity index (χ0) is 3.58. The van der Waals surface area contributed by atoms with Crippen LogP contribution in [0.4, 0.5) is 9.41 Å². The molecule has 0 fully saturated rings. The molecule has 8 heavy (non-hydrogen) atoms. The Balaban J connectivity index is -0.00000000750. The van der Waals surface area contributed by atoms with Crippen molar-refractivity contribution < 1.29 is 18.5 Å². The average Bonchev–Trinajstić information content (AvgIpc) is 0.811. The number of hydrogen-bond acceptors (Lipinski definition) is 0. The molecular formula is C3H14BF3O. The smallest absolute Gasteiger partial charge is 0.135 e. The fraction of sp³-hybridized carbons (Fsp3) is 1.00. The Kier molecular flexibility index (Phi) is 167. The van der Waals surface area contributed by atoms with E-state index in [0.717, 1.165) is 0 Å². The van der Waals surface area contributed by atoms with Crippen LogP contribution in [0.15, 0.2) is 0 Å². The lowest BCUT2D eigenvalue weighted by molar-refractivity contribution is -0.00282. The Morgan fingerprint density at radius 1 is 0.875 bits per heavy atom. The summed E-state index contributed by atoms with van der Waals surface area (Å²) in [4.78, 5) is 0. The van der Waals surface area contributed by atoms with E-state index in [9.17, 15) is 0 Å². The summed E-state index contributed by atoms with van der Waals surface area (Å²) in [7, 11) is 5.75. The molecule has 0 aliphatic rings. The molecule has 0 N–H and O–H groups in total. The standard InChI is InChI=1S/C3H9O.BH3.3FH/c1-4(2)3;;;;/h1-3H3;1H3;3*1H/q+1;;;;/p-1. The van der Waals surface area contributed by atoms with E-state index in [1.54, 1.807) is 0 Å². The maximum absolute atomic E-state index is 2.58. The summed E-state index contributed by atoms with van der Waals surface area (Å²) in [5.74, 6) is 0. The van der Waals surface area contributed by atoms with Gasteiger partial charge in [0.2, 0.25) is 0 Å². The van der Waals surface area contributed by atoms with Gasteiger partial charge < -0.3 is 9.07 Å². The summed E-state index contributed by atoms with van der Waals surface area (Å²) in [6, 6.07) is 0. The largest absolute Gasteiger partial charge is 1.00 e. The minimum atomic E-state index is 0. The van der Waals surface area contributed by atoms with Gasteiger partial charge in [0.05, 0.1) is 8.41 Å². The van der Waals surface area contributed by atoms with Crippen LogP contribution in [-0.4, -0.2) is 29.7 Å². The highest BCUT2D eigenvalue weighted by Crippen LogP contribution is 1.60. The molecule has 0 aromatic heterocycles. The molecule has 0 saturated heterocycles. The summed E-state index contributed by atoms with van der Waals surface area (Å²) in [6.07, 6.45) is 0. The Morgan fingerprint density at radius 3 is 0.875 bits per heavy atom. The molecule has 5 heteroatoms. The fourth-order valence-electron chi connectivity index (χ4n) is 0. The van der Waals surface area contributed by atoms with Gasteiger partial charge in [-0.25, -0.2) is 0 Å². The fourth-order valence-corrected chi connectivity index (χ4v) is 0. The van der Waals surface area contributed by atoms with Crippen molar-refractivity contribution in [3.05, 3.63) is 0 Å². The first-order chi connectivity index (χ1) is 1.73. The van der Waals surface area contributed by atoms with Gasteiger partial charge in [-0.05, 0) is 0 Å². The number of rotatable bonds is 0. The molecular weight excluding hydrogens is 120 g/mol. The molecule has 0 aliphatic heterocycles. The van der Waals surface area contributed by atoms with Crippen LogP contribution in [0.2, 0.25) is 0 Å². The maximum atomic E-state index is 2.58. The minimum Gasteiger partial charge on any atom is -1.00 e. The predicted molar refractivity (Wildman–Crippen MR) is 33.8 cm³/mol. The molecule has 0 bridgehead atoms. The summed E-state index contributed by atoms with van der Waals surface area (Å²) in [5, 5.41) is 0. The van der Waals surface area contributed by atoms with Crippen LogP contribution < -0.4 is 4.70 Å². The van der Waals surface area contributed by atoms with E-state index >= 15 is 0 Å². The van der Waals surface area contributed by atoms with Crippen molar-refractivity contribution in [3.63, 3.8) is 0 Å². The first-order valence-corrected chi connectivity index (χ1v) is 1.22. The monoisotopic (exact) mass is 134 g/mol. The van der Waals surface area contributed by atoms with Crippen molar-refractivity contribution in [2.45, 2.75) is 0 Å². The van der Waals surface area contributed by atoms with Crippen molar-refractivity contribution >= 4 is 8.41 Å². The lowest BCUT2D eigenvalue weighted by Gasteiger charge is -1.90. The molecule has 0 radical (unpaired) electrons. The molecule has 0 heterocycles.